The van der Waals surface area contributed by atoms with Crippen molar-refractivity contribution in [3.8, 4) is 0 Å². The summed E-state index contributed by atoms with van der Waals surface area (Å²) in [5, 5.41) is 0. The zero-order valence-electron chi connectivity index (χ0n) is 13.1. The van der Waals surface area contributed by atoms with E-state index < -0.39 is 0 Å². The number of nitrogens with two attached hydrogens (primary N) is 1. The van der Waals surface area contributed by atoms with Crippen LogP contribution in [0.3, 0.4) is 0 Å². The highest BCUT2D eigenvalue weighted by Crippen LogP contribution is 2.28. The molecular weight excluding hydrogens is 256 g/mol. The molecule has 0 aromatic heterocycles. The third kappa shape index (κ3) is 3.85. The summed E-state index contributed by atoms with van der Waals surface area (Å²) >= 11 is 0. The first-order chi connectivity index (χ1) is 10.3. The molecule has 2 heteroatoms. The standard InChI is InChI=1S/C19H26N2/c1-3-4-14-21(17-11-6-5-7-12-17)19(15-20)18-13-9-8-10-16(18)2/h5-13,19H,3-4,14-15,20H2,1-2H3. The molecule has 0 spiro atoms. The average Bonchev–Trinajstić information content (AvgIpc) is 2.53. The topological polar surface area (TPSA) is 29.3 Å². The zero-order chi connectivity index (χ0) is 15.1. The maximum Gasteiger partial charge on any atom is 0.0667 e. The molecule has 1 unspecified atom stereocenters. The van der Waals surface area contributed by atoms with E-state index in [0.717, 1.165) is 6.54 Å². The molecule has 0 radical (unpaired) electrons. The van der Waals surface area contributed by atoms with Crippen LogP contribution in [0.2, 0.25) is 0 Å². The Morgan fingerprint density at radius 1 is 1.00 bits per heavy atom. The number of benzene rings is 2. The molecule has 2 aromatic carbocycles. The van der Waals surface area contributed by atoms with Crippen LogP contribution in [0.25, 0.3) is 0 Å². The quantitative estimate of drug-likeness (QED) is 0.820. The van der Waals surface area contributed by atoms with Crippen molar-refractivity contribution in [3.63, 3.8) is 0 Å². The van der Waals surface area contributed by atoms with Gasteiger partial charge >= 0.3 is 0 Å². The number of unbranched alkanes of at least 4 members (excludes halogenated alkanes) is 1. The molecule has 0 fully saturated rings. The van der Waals surface area contributed by atoms with E-state index in [4.69, 9.17) is 5.73 Å². The first-order valence-electron chi connectivity index (χ1n) is 7.85. The van der Waals surface area contributed by atoms with Gasteiger partial charge in [0.1, 0.15) is 0 Å². The molecule has 2 rings (SSSR count). The molecule has 2 aromatic rings. The Labute approximate surface area is 128 Å². The van der Waals surface area contributed by atoms with Gasteiger partial charge in [0.2, 0.25) is 0 Å². The van der Waals surface area contributed by atoms with Gasteiger partial charge in [0, 0.05) is 18.8 Å². The summed E-state index contributed by atoms with van der Waals surface area (Å²) in [7, 11) is 0. The Balaban J connectivity index is 2.36. The maximum atomic E-state index is 6.14. The van der Waals surface area contributed by atoms with Crippen molar-refractivity contribution in [2.75, 3.05) is 18.0 Å². The van der Waals surface area contributed by atoms with E-state index in [2.05, 4.69) is 73.3 Å². The van der Waals surface area contributed by atoms with Crippen molar-refractivity contribution in [2.24, 2.45) is 5.73 Å². The first-order valence-corrected chi connectivity index (χ1v) is 7.85. The molecule has 1 atom stereocenters. The van der Waals surface area contributed by atoms with Crippen LogP contribution in [0.5, 0.6) is 0 Å². The normalized spacial score (nSPS) is 12.1. The summed E-state index contributed by atoms with van der Waals surface area (Å²) in [6.45, 7) is 6.07. The van der Waals surface area contributed by atoms with E-state index in [1.807, 2.05) is 0 Å². The Bertz CT molecular complexity index is 536. The van der Waals surface area contributed by atoms with Gasteiger partial charge < -0.3 is 10.6 Å². The van der Waals surface area contributed by atoms with Gasteiger partial charge in [-0.1, -0.05) is 55.8 Å². The second kappa shape index (κ2) is 7.84. The number of nitrogens with zero attached hydrogens (tertiary/aromatic N) is 1. The molecule has 0 aliphatic carbocycles. The van der Waals surface area contributed by atoms with Gasteiger partial charge in [0.25, 0.3) is 0 Å². The van der Waals surface area contributed by atoms with Crippen molar-refractivity contribution in [1.29, 1.82) is 0 Å². The van der Waals surface area contributed by atoms with Gasteiger partial charge in [-0.05, 0) is 36.6 Å². The lowest BCUT2D eigenvalue weighted by Gasteiger charge is -2.34. The molecule has 112 valence electrons. The highest BCUT2D eigenvalue weighted by Gasteiger charge is 2.20. The molecule has 21 heavy (non-hydrogen) atoms. The number of para-hydroxylation sites is 1. The molecule has 0 amide bonds. The van der Waals surface area contributed by atoms with Crippen LogP contribution >= 0.6 is 0 Å². The SMILES string of the molecule is CCCCN(c1ccccc1)C(CN)c1ccccc1C. The monoisotopic (exact) mass is 282 g/mol. The molecule has 0 saturated carbocycles. The highest BCUT2D eigenvalue weighted by atomic mass is 15.2. The zero-order valence-corrected chi connectivity index (χ0v) is 13.1. The molecule has 0 heterocycles. The Hall–Kier alpha value is -1.80. The Morgan fingerprint density at radius 2 is 1.67 bits per heavy atom. The minimum absolute atomic E-state index is 0.236. The summed E-state index contributed by atoms with van der Waals surface area (Å²) in [5.74, 6) is 0. The van der Waals surface area contributed by atoms with E-state index >= 15 is 0 Å². The molecule has 2 N–H and O–H groups in total. The summed E-state index contributed by atoms with van der Waals surface area (Å²) in [6, 6.07) is 19.4. The lowest BCUT2D eigenvalue weighted by atomic mass is 9.99. The van der Waals surface area contributed by atoms with Gasteiger partial charge in [0.15, 0.2) is 0 Å². The second-order valence-electron chi connectivity index (χ2n) is 5.49. The molecule has 0 saturated heterocycles. The fraction of sp³-hybridized carbons (Fsp3) is 0.368. The van der Waals surface area contributed by atoms with E-state index in [1.54, 1.807) is 0 Å². The molecular formula is C19H26N2. The van der Waals surface area contributed by atoms with E-state index in [1.165, 1.54) is 29.7 Å². The lowest BCUT2D eigenvalue weighted by Crippen LogP contribution is -2.35. The van der Waals surface area contributed by atoms with Crippen molar-refractivity contribution >= 4 is 5.69 Å². The fourth-order valence-corrected chi connectivity index (χ4v) is 2.80. The second-order valence-corrected chi connectivity index (χ2v) is 5.49. The van der Waals surface area contributed by atoms with Crippen LogP contribution in [-0.4, -0.2) is 13.1 Å². The highest BCUT2D eigenvalue weighted by molar-refractivity contribution is 5.49. The summed E-state index contributed by atoms with van der Waals surface area (Å²) < 4.78 is 0. The van der Waals surface area contributed by atoms with Crippen LogP contribution in [0.15, 0.2) is 54.6 Å². The van der Waals surface area contributed by atoms with Crippen LogP contribution in [0, 0.1) is 6.92 Å². The van der Waals surface area contributed by atoms with Crippen LogP contribution < -0.4 is 10.6 Å². The maximum absolute atomic E-state index is 6.14. The van der Waals surface area contributed by atoms with Crippen molar-refractivity contribution < 1.29 is 0 Å². The average molecular weight is 282 g/mol. The van der Waals surface area contributed by atoms with E-state index in [-0.39, 0.29) is 6.04 Å². The number of hydrogen-bond donors (Lipinski definition) is 1. The van der Waals surface area contributed by atoms with Crippen molar-refractivity contribution in [3.05, 3.63) is 65.7 Å². The largest absolute Gasteiger partial charge is 0.363 e. The van der Waals surface area contributed by atoms with Gasteiger partial charge in [-0.2, -0.15) is 0 Å². The number of anilines is 1. The van der Waals surface area contributed by atoms with Gasteiger partial charge in [-0.15, -0.1) is 0 Å². The number of hydrogen-bond acceptors (Lipinski definition) is 2. The molecule has 0 aliphatic rings. The van der Waals surface area contributed by atoms with Crippen LogP contribution in [0.1, 0.15) is 36.9 Å². The van der Waals surface area contributed by atoms with E-state index in [0.29, 0.717) is 6.54 Å². The summed E-state index contributed by atoms with van der Waals surface area (Å²) in [4.78, 5) is 2.45. The van der Waals surface area contributed by atoms with Crippen LogP contribution in [-0.2, 0) is 0 Å². The number of rotatable bonds is 7. The molecule has 2 nitrogen and oxygen atoms in total. The summed E-state index contributed by atoms with van der Waals surface area (Å²) in [5.41, 5.74) is 10.0. The Kier molecular flexibility index (Phi) is 5.82. The van der Waals surface area contributed by atoms with Crippen molar-refractivity contribution in [1.82, 2.24) is 0 Å². The lowest BCUT2D eigenvalue weighted by molar-refractivity contribution is 0.602. The van der Waals surface area contributed by atoms with Crippen molar-refractivity contribution in [2.45, 2.75) is 32.7 Å². The minimum atomic E-state index is 0.236. The summed E-state index contributed by atoms with van der Waals surface area (Å²) in [6.07, 6.45) is 2.37. The van der Waals surface area contributed by atoms with Crippen LogP contribution in [0.4, 0.5) is 5.69 Å². The Morgan fingerprint density at radius 3 is 2.29 bits per heavy atom. The number of aryl methyl sites for hydroxylation is 1. The predicted octanol–water partition coefficient (Wildman–Crippen LogP) is 4.30. The van der Waals surface area contributed by atoms with Gasteiger partial charge in [0.05, 0.1) is 6.04 Å². The van der Waals surface area contributed by atoms with E-state index in [9.17, 15) is 0 Å². The fourth-order valence-electron chi connectivity index (χ4n) is 2.80. The van der Waals surface area contributed by atoms with Gasteiger partial charge in [-0.25, -0.2) is 0 Å². The molecule has 0 bridgehead atoms. The third-order valence-corrected chi connectivity index (χ3v) is 3.99. The molecule has 0 aliphatic heterocycles. The third-order valence-electron chi connectivity index (χ3n) is 3.99. The predicted molar refractivity (Wildman–Crippen MR) is 91.7 cm³/mol. The minimum Gasteiger partial charge on any atom is -0.363 e. The van der Waals surface area contributed by atoms with Gasteiger partial charge in [-0.3, -0.25) is 0 Å². The smallest absolute Gasteiger partial charge is 0.0667 e. The first kappa shape index (κ1) is 15.6.